The van der Waals surface area contributed by atoms with Crippen molar-refractivity contribution in [3.8, 4) is 11.8 Å². The number of nitrogens with zero attached hydrogens (tertiary/aromatic N) is 2. The van der Waals surface area contributed by atoms with Crippen molar-refractivity contribution >= 4 is 11.6 Å². The van der Waals surface area contributed by atoms with Gasteiger partial charge in [0.1, 0.15) is 23.6 Å². The molecule has 1 fully saturated rings. The van der Waals surface area contributed by atoms with Crippen LogP contribution in [0.5, 0.6) is 5.75 Å². The van der Waals surface area contributed by atoms with Crippen LogP contribution >= 0.6 is 11.6 Å². The summed E-state index contributed by atoms with van der Waals surface area (Å²) in [6.45, 7) is 1.66. The standard InChI is InChI=1S/C11H12ClN3O/c12-11-8(5-13)4-10(6-15-11)16-7-9-2-1-3-14-9/h4,6,9,14H,1-3,7H2/t9-/m0/s1. The maximum Gasteiger partial charge on any atom is 0.147 e. The molecule has 0 aliphatic carbocycles. The molecular formula is C11H12ClN3O. The Morgan fingerprint density at radius 2 is 2.56 bits per heavy atom. The van der Waals surface area contributed by atoms with Crippen LogP contribution in [0.3, 0.4) is 0 Å². The molecule has 0 bridgehead atoms. The van der Waals surface area contributed by atoms with E-state index < -0.39 is 0 Å². The maximum absolute atomic E-state index is 8.78. The number of hydrogen-bond donors (Lipinski definition) is 1. The molecule has 5 heteroatoms. The van der Waals surface area contributed by atoms with Crippen LogP contribution in [-0.4, -0.2) is 24.2 Å². The Morgan fingerprint density at radius 3 is 3.25 bits per heavy atom. The van der Waals surface area contributed by atoms with E-state index in [2.05, 4.69) is 10.3 Å². The van der Waals surface area contributed by atoms with Gasteiger partial charge in [0.25, 0.3) is 0 Å². The molecule has 2 heterocycles. The summed E-state index contributed by atoms with van der Waals surface area (Å²) in [6, 6.07) is 3.99. The highest BCUT2D eigenvalue weighted by Gasteiger charge is 2.14. The molecule has 4 nitrogen and oxygen atoms in total. The van der Waals surface area contributed by atoms with Crippen molar-refractivity contribution in [1.29, 1.82) is 5.26 Å². The first-order chi connectivity index (χ1) is 7.79. The Labute approximate surface area is 99.2 Å². The fraction of sp³-hybridized carbons (Fsp3) is 0.455. The predicted molar refractivity (Wildman–Crippen MR) is 60.5 cm³/mol. The van der Waals surface area contributed by atoms with Gasteiger partial charge in [0.15, 0.2) is 0 Å². The zero-order valence-corrected chi connectivity index (χ0v) is 9.50. The van der Waals surface area contributed by atoms with Crippen LogP contribution in [0.1, 0.15) is 18.4 Å². The van der Waals surface area contributed by atoms with E-state index in [9.17, 15) is 0 Å². The summed E-state index contributed by atoms with van der Waals surface area (Å²) in [5, 5.41) is 12.3. The highest BCUT2D eigenvalue weighted by Crippen LogP contribution is 2.18. The van der Waals surface area contributed by atoms with Crippen molar-refractivity contribution in [2.45, 2.75) is 18.9 Å². The minimum absolute atomic E-state index is 0.217. The SMILES string of the molecule is N#Cc1cc(OC[C@@H]2CCCN2)cnc1Cl. The average molecular weight is 238 g/mol. The van der Waals surface area contributed by atoms with E-state index in [1.54, 1.807) is 6.07 Å². The van der Waals surface area contributed by atoms with Crippen LogP contribution in [0.2, 0.25) is 5.15 Å². The third kappa shape index (κ3) is 2.63. The van der Waals surface area contributed by atoms with Gasteiger partial charge in [-0.15, -0.1) is 0 Å². The van der Waals surface area contributed by atoms with Gasteiger partial charge >= 0.3 is 0 Å². The Kier molecular flexibility index (Phi) is 3.60. The second kappa shape index (κ2) is 5.15. The number of aromatic nitrogens is 1. The van der Waals surface area contributed by atoms with Crippen LogP contribution in [0.25, 0.3) is 0 Å². The molecule has 1 N–H and O–H groups in total. The van der Waals surface area contributed by atoms with Gasteiger partial charge in [-0.3, -0.25) is 0 Å². The molecule has 1 atom stereocenters. The van der Waals surface area contributed by atoms with Gasteiger partial charge in [-0.1, -0.05) is 11.6 Å². The number of rotatable bonds is 3. The van der Waals surface area contributed by atoms with Crippen molar-refractivity contribution in [3.63, 3.8) is 0 Å². The summed E-state index contributed by atoms with van der Waals surface area (Å²) in [5.74, 6) is 0.592. The van der Waals surface area contributed by atoms with E-state index in [-0.39, 0.29) is 5.15 Å². The lowest BCUT2D eigenvalue weighted by Crippen LogP contribution is -2.28. The van der Waals surface area contributed by atoms with Crippen molar-refractivity contribution < 1.29 is 4.74 Å². The van der Waals surface area contributed by atoms with Crippen LogP contribution in [0.4, 0.5) is 0 Å². The molecular weight excluding hydrogens is 226 g/mol. The van der Waals surface area contributed by atoms with Gasteiger partial charge in [0.05, 0.1) is 11.8 Å². The molecule has 0 spiro atoms. The second-order valence-electron chi connectivity index (χ2n) is 3.73. The first-order valence-electron chi connectivity index (χ1n) is 5.21. The summed E-state index contributed by atoms with van der Waals surface area (Å²) in [6.07, 6.45) is 3.86. The van der Waals surface area contributed by atoms with E-state index in [0.717, 1.165) is 13.0 Å². The fourth-order valence-electron chi connectivity index (χ4n) is 1.68. The molecule has 0 amide bonds. The molecule has 1 aliphatic heterocycles. The van der Waals surface area contributed by atoms with E-state index in [0.29, 0.717) is 24.0 Å². The zero-order chi connectivity index (χ0) is 11.4. The van der Waals surface area contributed by atoms with Gasteiger partial charge in [0.2, 0.25) is 0 Å². The molecule has 1 saturated heterocycles. The molecule has 84 valence electrons. The number of pyridine rings is 1. The van der Waals surface area contributed by atoms with E-state index in [1.807, 2.05) is 6.07 Å². The van der Waals surface area contributed by atoms with E-state index in [1.165, 1.54) is 12.6 Å². The summed E-state index contributed by atoms with van der Waals surface area (Å²) in [7, 11) is 0. The number of ether oxygens (including phenoxy) is 1. The Bertz CT molecular complexity index is 410. The van der Waals surface area contributed by atoms with Gasteiger partial charge in [-0.2, -0.15) is 5.26 Å². The number of hydrogen-bond acceptors (Lipinski definition) is 4. The highest BCUT2D eigenvalue weighted by atomic mass is 35.5. The Balaban J connectivity index is 1.96. The van der Waals surface area contributed by atoms with Gasteiger partial charge < -0.3 is 10.1 Å². The lowest BCUT2D eigenvalue weighted by molar-refractivity contribution is 0.276. The topological polar surface area (TPSA) is 57.9 Å². The average Bonchev–Trinajstić information content (AvgIpc) is 2.81. The predicted octanol–water partition coefficient (Wildman–Crippen LogP) is 1.74. The molecule has 1 aliphatic rings. The lowest BCUT2D eigenvalue weighted by atomic mass is 10.2. The fourth-order valence-corrected chi connectivity index (χ4v) is 1.83. The van der Waals surface area contributed by atoms with E-state index >= 15 is 0 Å². The molecule has 0 unspecified atom stereocenters. The number of nitrogens with one attached hydrogen (secondary N) is 1. The highest BCUT2D eigenvalue weighted by molar-refractivity contribution is 6.30. The van der Waals surface area contributed by atoms with Crippen molar-refractivity contribution in [2.75, 3.05) is 13.2 Å². The summed E-state index contributed by atoms with van der Waals surface area (Å²) in [5.41, 5.74) is 0.346. The van der Waals surface area contributed by atoms with Gasteiger partial charge in [-0.25, -0.2) is 4.98 Å². The van der Waals surface area contributed by atoms with Crippen LogP contribution in [0.15, 0.2) is 12.3 Å². The third-order valence-corrected chi connectivity index (χ3v) is 2.85. The molecule has 1 aromatic rings. The monoisotopic (exact) mass is 237 g/mol. The molecule has 0 radical (unpaired) electrons. The largest absolute Gasteiger partial charge is 0.490 e. The normalized spacial score (nSPS) is 19.4. The van der Waals surface area contributed by atoms with Crippen LogP contribution < -0.4 is 10.1 Å². The molecule has 16 heavy (non-hydrogen) atoms. The maximum atomic E-state index is 8.78. The third-order valence-electron chi connectivity index (χ3n) is 2.55. The summed E-state index contributed by atoms with van der Waals surface area (Å²) >= 11 is 5.72. The van der Waals surface area contributed by atoms with Gasteiger partial charge in [-0.05, 0) is 19.4 Å². The molecule has 2 rings (SSSR count). The smallest absolute Gasteiger partial charge is 0.147 e. The number of nitriles is 1. The zero-order valence-electron chi connectivity index (χ0n) is 8.74. The Hall–Kier alpha value is -1.31. The van der Waals surface area contributed by atoms with Crippen LogP contribution in [-0.2, 0) is 0 Å². The molecule has 0 aromatic carbocycles. The molecule has 0 saturated carbocycles. The first kappa shape index (κ1) is 11.2. The minimum atomic E-state index is 0.217. The van der Waals surface area contributed by atoms with Gasteiger partial charge in [0, 0.05) is 12.1 Å². The Morgan fingerprint density at radius 1 is 1.69 bits per heavy atom. The minimum Gasteiger partial charge on any atom is -0.490 e. The first-order valence-corrected chi connectivity index (χ1v) is 5.59. The van der Waals surface area contributed by atoms with Crippen molar-refractivity contribution in [1.82, 2.24) is 10.3 Å². The van der Waals surface area contributed by atoms with Crippen LogP contribution in [0, 0.1) is 11.3 Å². The van der Waals surface area contributed by atoms with Crippen molar-refractivity contribution in [2.24, 2.45) is 0 Å². The number of halogens is 1. The summed E-state index contributed by atoms with van der Waals surface area (Å²) in [4.78, 5) is 3.89. The summed E-state index contributed by atoms with van der Waals surface area (Å²) < 4.78 is 5.55. The second-order valence-corrected chi connectivity index (χ2v) is 4.08. The van der Waals surface area contributed by atoms with E-state index in [4.69, 9.17) is 21.6 Å². The molecule has 1 aromatic heterocycles. The van der Waals surface area contributed by atoms with Crippen molar-refractivity contribution in [3.05, 3.63) is 23.0 Å². The lowest BCUT2D eigenvalue weighted by Gasteiger charge is -2.11. The quantitative estimate of drug-likeness (QED) is 0.814.